The normalized spacial score (nSPS) is 33.3. The molecule has 204 valence electrons. The number of amides is 3. The first kappa shape index (κ1) is 25.9. The van der Waals surface area contributed by atoms with E-state index >= 15 is 0 Å². The Balaban J connectivity index is 1.32. The van der Waals surface area contributed by atoms with Crippen LogP contribution >= 0.6 is 11.6 Å². The van der Waals surface area contributed by atoms with E-state index in [0.717, 1.165) is 69.8 Å². The molecule has 1 spiro atoms. The minimum atomic E-state index is -1.11. The molecule has 2 bridgehead atoms. The van der Waals surface area contributed by atoms with Crippen LogP contribution in [0.4, 0.5) is 5.69 Å². The Morgan fingerprint density at radius 2 is 1.68 bits per heavy atom. The van der Waals surface area contributed by atoms with Gasteiger partial charge in [0.1, 0.15) is 11.6 Å². The first-order valence-electron chi connectivity index (χ1n) is 14.5. The summed E-state index contributed by atoms with van der Waals surface area (Å²) in [7, 11) is 0. The fourth-order valence-electron chi connectivity index (χ4n) is 7.56. The Morgan fingerprint density at radius 1 is 1.00 bits per heavy atom. The standard InChI is InChI=1S/C30H38ClN3O4/c1-18-13-14-20(17-22(18)31)33-27(35)24-23-15-16-30(38-23)25(24)29(37)34(21-11-7-2-3-8-12-21)26(30)28(36)32-19-9-5-4-6-10-19/h13-17,19,21,23-26H,2-12H2,1H3,(H,32,36)(H,33,35). The fourth-order valence-corrected chi connectivity index (χ4v) is 7.74. The topological polar surface area (TPSA) is 87.7 Å². The van der Waals surface area contributed by atoms with Gasteiger partial charge in [-0.2, -0.15) is 0 Å². The zero-order valence-corrected chi connectivity index (χ0v) is 22.8. The van der Waals surface area contributed by atoms with Gasteiger partial charge in [0, 0.05) is 22.8 Å². The lowest BCUT2D eigenvalue weighted by atomic mass is 9.74. The van der Waals surface area contributed by atoms with Gasteiger partial charge in [-0.1, -0.05) is 74.8 Å². The van der Waals surface area contributed by atoms with E-state index in [1.54, 1.807) is 6.07 Å². The molecule has 38 heavy (non-hydrogen) atoms. The van der Waals surface area contributed by atoms with E-state index in [9.17, 15) is 14.4 Å². The van der Waals surface area contributed by atoms with Crippen molar-refractivity contribution in [2.75, 3.05) is 5.32 Å². The first-order chi connectivity index (χ1) is 18.4. The molecule has 7 nitrogen and oxygen atoms in total. The van der Waals surface area contributed by atoms with Crippen LogP contribution in [0.5, 0.6) is 0 Å². The molecule has 1 aromatic carbocycles. The smallest absolute Gasteiger partial charge is 0.246 e. The zero-order valence-electron chi connectivity index (χ0n) is 22.1. The van der Waals surface area contributed by atoms with Gasteiger partial charge < -0.3 is 20.3 Å². The van der Waals surface area contributed by atoms with Gasteiger partial charge >= 0.3 is 0 Å². The van der Waals surface area contributed by atoms with Gasteiger partial charge in [0.15, 0.2) is 0 Å². The van der Waals surface area contributed by atoms with Crippen LogP contribution in [0.3, 0.4) is 0 Å². The van der Waals surface area contributed by atoms with Crippen molar-refractivity contribution in [2.24, 2.45) is 11.8 Å². The summed E-state index contributed by atoms with van der Waals surface area (Å²) in [5, 5.41) is 6.83. The summed E-state index contributed by atoms with van der Waals surface area (Å²) in [6, 6.07) is 4.76. The molecule has 2 aliphatic carbocycles. The highest BCUT2D eigenvalue weighted by molar-refractivity contribution is 6.31. The van der Waals surface area contributed by atoms with Crippen molar-refractivity contribution < 1.29 is 19.1 Å². The van der Waals surface area contributed by atoms with Gasteiger partial charge in [0.2, 0.25) is 17.7 Å². The van der Waals surface area contributed by atoms with Crippen molar-refractivity contribution in [1.82, 2.24) is 10.2 Å². The largest absolute Gasteiger partial charge is 0.359 e. The van der Waals surface area contributed by atoms with Crippen molar-refractivity contribution in [3.63, 3.8) is 0 Å². The lowest BCUT2D eigenvalue weighted by Crippen LogP contribution is -2.58. The van der Waals surface area contributed by atoms with E-state index < -0.39 is 29.6 Å². The minimum Gasteiger partial charge on any atom is -0.359 e. The number of nitrogens with one attached hydrogen (secondary N) is 2. The summed E-state index contributed by atoms with van der Waals surface area (Å²) in [6.07, 6.45) is 14.8. The molecule has 3 amide bonds. The SMILES string of the molecule is Cc1ccc(NC(=O)C2C3C=CC4(O3)C2C(=O)N(C2CCCCCC2)C4C(=O)NC2CCCCC2)cc1Cl. The maximum absolute atomic E-state index is 14.3. The molecule has 2 N–H and O–H groups in total. The Morgan fingerprint density at radius 3 is 2.39 bits per heavy atom. The summed E-state index contributed by atoms with van der Waals surface area (Å²) < 4.78 is 6.52. The molecule has 2 saturated carbocycles. The average Bonchev–Trinajstić information content (AvgIpc) is 3.45. The van der Waals surface area contributed by atoms with Crippen LogP contribution in [-0.2, 0) is 19.1 Å². The van der Waals surface area contributed by atoms with Gasteiger partial charge in [0.25, 0.3) is 0 Å². The number of nitrogens with zero attached hydrogens (tertiary/aromatic N) is 1. The molecule has 8 heteroatoms. The molecule has 0 radical (unpaired) electrons. The van der Waals surface area contributed by atoms with Gasteiger partial charge in [0.05, 0.1) is 17.9 Å². The van der Waals surface area contributed by atoms with E-state index in [2.05, 4.69) is 10.6 Å². The first-order valence-corrected chi connectivity index (χ1v) is 14.8. The molecule has 6 rings (SSSR count). The number of hydrogen-bond acceptors (Lipinski definition) is 4. The van der Waals surface area contributed by atoms with Gasteiger partial charge in [-0.25, -0.2) is 0 Å². The number of anilines is 1. The summed E-state index contributed by atoms with van der Waals surface area (Å²) in [4.78, 5) is 43.8. The molecular weight excluding hydrogens is 502 g/mol. The lowest BCUT2D eigenvalue weighted by molar-refractivity contribution is -0.144. The van der Waals surface area contributed by atoms with Gasteiger partial charge in [-0.15, -0.1) is 0 Å². The third-order valence-electron chi connectivity index (χ3n) is 9.47. The van der Waals surface area contributed by atoms with E-state index in [0.29, 0.717) is 10.7 Å². The van der Waals surface area contributed by atoms with Crippen LogP contribution in [-0.4, -0.2) is 52.5 Å². The number of halogens is 1. The highest BCUT2D eigenvalue weighted by Crippen LogP contribution is 2.56. The summed E-state index contributed by atoms with van der Waals surface area (Å²) in [5.41, 5.74) is 0.399. The number of aryl methyl sites for hydroxylation is 1. The molecule has 2 saturated heterocycles. The maximum atomic E-state index is 14.3. The Bertz CT molecular complexity index is 1140. The predicted molar refractivity (Wildman–Crippen MR) is 146 cm³/mol. The number of hydrogen-bond donors (Lipinski definition) is 2. The molecule has 3 aliphatic heterocycles. The number of fused-ring (bicyclic) bond motifs is 1. The van der Waals surface area contributed by atoms with Gasteiger partial charge in [-0.05, 0) is 50.3 Å². The monoisotopic (exact) mass is 539 g/mol. The van der Waals surface area contributed by atoms with Crippen molar-refractivity contribution in [3.8, 4) is 0 Å². The second-order valence-electron chi connectivity index (χ2n) is 11.9. The lowest BCUT2D eigenvalue weighted by Gasteiger charge is -2.37. The Labute approximate surface area is 229 Å². The second-order valence-corrected chi connectivity index (χ2v) is 12.3. The molecular formula is C30H38ClN3O4. The van der Waals surface area contributed by atoms with Crippen LogP contribution in [0, 0.1) is 18.8 Å². The highest BCUT2D eigenvalue weighted by Gasteiger charge is 2.73. The molecule has 5 aliphatic rings. The molecule has 3 heterocycles. The highest BCUT2D eigenvalue weighted by atomic mass is 35.5. The number of carbonyl (C=O) groups is 3. The van der Waals surface area contributed by atoms with E-state index in [4.69, 9.17) is 16.3 Å². The minimum absolute atomic E-state index is 0.0113. The number of ether oxygens (including phenoxy) is 1. The number of rotatable bonds is 5. The molecule has 4 fully saturated rings. The Kier molecular flexibility index (Phi) is 7.02. The van der Waals surface area contributed by atoms with Crippen LogP contribution in [0.15, 0.2) is 30.4 Å². The Hall–Kier alpha value is -2.38. The van der Waals surface area contributed by atoms with E-state index in [1.165, 1.54) is 6.42 Å². The molecule has 5 atom stereocenters. The summed E-state index contributed by atoms with van der Waals surface area (Å²) >= 11 is 6.29. The van der Waals surface area contributed by atoms with E-state index in [1.807, 2.05) is 36.1 Å². The number of likely N-dealkylation sites (tertiary alicyclic amines) is 1. The third-order valence-corrected chi connectivity index (χ3v) is 9.88. The average molecular weight is 540 g/mol. The second kappa shape index (κ2) is 10.3. The van der Waals surface area contributed by atoms with E-state index in [-0.39, 0.29) is 29.8 Å². The van der Waals surface area contributed by atoms with Crippen LogP contribution in [0.1, 0.15) is 76.2 Å². The van der Waals surface area contributed by atoms with Crippen LogP contribution in [0.2, 0.25) is 5.02 Å². The third kappa shape index (κ3) is 4.36. The predicted octanol–water partition coefficient (Wildman–Crippen LogP) is 4.91. The van der Waals surface area contributed by atoms with Crippen molar-refractivity contribution in [2.45, 2.75) is 107 Å². The number of carbonyl (C=O) groups excluding carboxylic acids is 3. The van der Waals surface area contributed by atoms with Crippen molar-refractivity contribution >= 4 is 35.0 Å². The molecule has 1 aromatic rings. The number of benzene rings is 1. The van der Waals surface area contributed by atoms with Crippen molar-refractivity contribution in [3.05, 3.63) is 40.9 Å². The van der Waals surface area contributed by atoms with Gasteiger partial charge in [-0.3, -0.25) is 14.4 Å². The van der Waals surface area contributed by atoms with Crippen molar-refractivity contribution in [1.29, 1.82) is 0 Å². The zero-order chi connectivity index (χ0) is 26.4. The maximum Gasteiger partial charge on any atom is 0.246 e. The van der Waals surface area contributed by atoms with Crippen LogP contribution in [0.25, 0.3) is 0 Å². The molecule has 5 unspecified atom stereocenters. The summed E-state index contributed by atoms with van der Waals surface area (Å²) in [6.45, 7) is 1.91. The quantitative estimate of drug-likeness (QED) is 0.411. The fraction of sp³-hybridized carbons (Fsp3) is 0.633. The summed E-state index contributed by atoms with van der Waals surface area (Å²) in [5.74, 6) is -1.94. The van der Waals surface area contributed by atoms with Crippen LogP contribution < -0.4 is 10.6 Å². The molecule has 0 aromatic heterocycles.